The topological polar surface area (TPSA) is 82.0 Å². The summed E-state index contributed by atoms with van der Waals surface area (Å²) in [5.41, 5.74) is 0.510. The van der Waals surface area contributed by atoms with E-state index in [0.717, 1.165) is 23.4 Å². The number of pyridine rings is 1. The van der Waals surface area contributed by atoms with Gasteiger partial charge >= 0.3 is 6.18 Å². The summed E-state index contributed by atoms with van der Waals surface area (Å²) in [6, 6.07) is 4.45. The van der Waals surface area contributed by atoms with Crippen LogP contribution in [0.3, 0.4) is 0 Å². The van der Waals surface area contributed by atoms with E-state index in [4.69, 9.17) is 4.42 Å². The number of rotatable bonds is 3. The Kier molecular flexibility index (Phi) is 3.30. The van der Waals surface area contributed by atoms with Crippen molar-refractivity contribution in [3.63, 3.8) is 0 Å². The molecular weight excluding hydrogens is 361 g/mol. The number of hydrogen-bond donors (Lipinski definition) is 0. The monoisotopic (exact) mass is 372 g/mol. The molecule has 7 nitrogen and oxygen atoms in total. The van der Waals surface area contributed by atoms with E-state index in [1.165, 1.54) is 6.20 Å². The smallest absolute Gasteiger partial charge is 0.416 e. The van der Waals surface area contributed by atoms with Crippen LogP contribution in [-0.2, 0) is 6.18 Å². The Morgan fingerprint density at radius 3 is 2.52 bits per heavy atom. The summed E-state index contributed by atoms with van der Waals surface area (Å²) in [4.78, 5) is 8.31. The zero-order valence-corrected chi connectivity index (χ0v) is 13.7. The van der Waals surface area contributed by atoms with Crippen LogP contribution in [0.15, 0.2) is 41.2 Å². The van der Waals surface area contributed by atoms with Crippen LogP contribution in [-0.4, -0.2) is 29.8 Å². The van der Waals surface area contributed by atoms with Crippen LogP contribution in [0.5, 0.6) is 0 Å². The van der Waals surface area contributed by atoms with Crippen LogP contribution in [0.2, 0.25) is 0 Å². The van der Waals surface area contributed by atoms with Gasteiger partial charge in [-0.15, -0.1) is 10.2 Å². The van der Waals surface area contributed by atoms with Crippen molar-refractivity contribution in [2.75, 3.05) is 0 Å². The number of hydrogen-bond acceptors (Lipinski definition) is 6. The minimum Gasteiger partial charge on any atom is -0.416 e. The second kappa shape index (κ2) is 5.60. The highest BCUT2D eigenvalue weighted by atomic mass is 19.4. The molecule has 1 fully saturated rings. The average molecular weight is 372 g/mol. The minimum atomic E-state index is -4.55. The number of fused-ring (bicyclic) bond motifs is 1. The van der Waals surface area contributed by atoms with Crippen molar-refractivity contribution >= 4 is 5.65 Å². The first-order chi connectivity index (χ1) is 13.0. The van der Waals surface area contributed by atoms with Crippen LogP contribution in [0.25, 0.3) is 28.6 Å². The van der Waals surface area contributed by atoms with Gasteiger partial charge in [0.05, 0.1) is 6.20 Å². The summed E-state index contributed by atoms with van der Waals surface area (Å²) < 4.78 is 46.8. The predicted molar refractivity (Wildman–Crippen MR) is 86.5 cm³/mol. The van der Waals surface area contributed by atoms with Crippen LogP contribution < -0.4 is 0 Å². The van der Waals surface area contributed by atoms with Gasteiger partial charge < -0.3 is 4.42 Å². The Labute approximate surface area is 149 Å². The highest BCUT2D eigenvalue weighted by Gasteiger charge is 2.37. The Hall–Kier alpha value is -3.30. The highest BCUT2D eigenvalue weighted by molar-refractivity contribution is 5.72. The van der Waals surface area contributed by atoms with Crippen LogP contribution in [0, 0.1) is 0 Å². The third-order valence-electron chi connectivity index (χ3n) is 4.36. The van der Waals surface area contributed by atoms with Crippen molar-refractivity contribution in [3.05, 3.63) is 48.2 Å². The molecule has 1 aliphatic carbocycles. The van der Waals surface area contributed by atoms with Crippen molar-refractivity contribution in [1.82, 2.24) is 29.8 Å². The van der Waals surface area contributed by atoms with E-state index in [0.29, 0.717) is 11.3 Å². The molecule has 27 heavy (non-hydrogen) atoms. The predicted octanol–water partition coefficient (Wildman–Crippen LogP) is 3.74. The zero-order valence-electron chi connectivity index (χ0n) is 13.7. The van der Waals surface area contributed by atoms with Crippen LogP contribution in [0.4, 0.5) is 13.2 Å². The molecule has 0 aliphatic heterocycles. The molecule has 136 valence electrons. The molecule has 0 radical (unpaired) electrons. The van der Waals surface area contributed by atoms with Crippen molar-refractivity contribution < 1.29 is 17.6 Å². The summed E-state index contributed by atoms with van der Waals surface area (Å²) in [5, 5.41) is 11.8. The summed E-state index contributed by atoms with van der Waals surface area (Å²) in [7, 11) is 0. The van der Waals surface area contributed by atoms with Crippen molar-refractivity contribution in [3.8, 4) is 22.9 Å². The number of alkyl halides is 3. The lowest BCUT2D eigenvalue weighted by Gasteiger charge is -2.10. The SMILES string of the molecule is FC(F)(F)c1cc(C2CC2)nc2c(-c3nnc(-c4ccncc4)o3)cnn12. The van der Waals surface area contributed by atoms with Crippen molar-refractivity contribution in [2.45, 2.75) is 24.9 Å². The lowest BCUT2D eigenvalue weighted by Crippen LogP contribution is -2.14. The van der Waals surface area contributed by atoms with E-state index in [9.17, 15) is 13.2 Å². The molecule has 0 aromatic carbocycles. The van der Waals surface area contributed by atoms with E-state index in [1.54, 1.807) is 24.5 Å². The standard InChI is InChI=1S/C17H11F3N6O/c18-17(19,20)13-7-12(9-1-2-9)23-14-11(8-22-26(13)14)16-25-24-15(27-16)10-3-5-21-6-4-10/h3-9H,1-2H2. The number of halogens is 3. The number of aromatic nitrogens is 6. The minimum absolute atomic E-state index is 0.0499. The lowest BCUT2D eigenvalue weighted by molar-refractivity contribution is -0.142. The maximum absolute atomic E-state index is 13.5. The second-order valence-corrected chi connectivity index (χ2v) is 6.28. The number of nitrogens with zero attached hydrogens (tertiary/aromatic N) is 6. The van der Waals surface area contributed by atoms with E-state index in [-0.39, 0.29) is 28.9 Å². The summed E-state index contributed by atoms with van der Waals surface area (Å²) in [5.74, 6) is 0.348. The first kappa shape index (κ1) is 15.9. The average Bonchev–Trinajstić information content (AvgIpc) is 3.24. The fourth-order valence-electron chi connectivity index (χ4n) is 2.87. The van der Waals surface area contributed by atoms with Gasteiger partial charge in [-0.05, 0) is 31.0 Å². The molecule has 0 bridgehead atoms. The molecule has 4 aromatic heterocycles. The fourth-order valence-corrected chi connectivity index (χ4v) is 2.87. The van der Waals surface area contributed by atoms with Gasteiger partial charge in [-0.1, -0.05) is 0 Å². The highest BCUT2D eigenvalue weighted by Crippen LogP contribution is 2.42. The Morgan fingerprint density at radius 2 is 1.81 bits per heavy atom. The lowest BCUT2D eigenvalue weighted by atomic mass is 10.2. The van der Waals surface area contributed by atoms with Gasteiger partial charge in [0.25, 0.3) is 5.89 Å². The van der Waals surface area contributed by atoms with Crippen molar-refractivity contribution in [2.24, 2.45) is 0 Å². The Balaban J connectivity index is 1.66. The zero-order chi connectivity index (χ0) is 18.6. The molecule has 1 aliphatic rings. The van der Waals surface area contributed by atoms with E-state index in [1.807, 2.05) is 0 Å². The van der Waals surface area contributed by atoms with Crippen LogP contribution >= 0.6 is 0 Å². The van der Waals surface area contributed by atoms with Gasteiger partial charge in [-0.3, -0.25) is 4.98 Å². The third kappa shape index (κ3) is 2.73. The molecule has 0 saturated heterocycles. The molecule has 4 aromatic rings. The second-order valence-electron chi connectivity index (χ2n) is 6.28. The first-order valence-corrected chi connectivity index (χ1v) is 8.21. The molecule has 4 heterocycles. The van der Waals surface area contributed by atoms with Gasteiger partial charge in [0.1, 0.15) is 11.3 Å². The van der Waals surface area contributed by atoms with E-state index >= 15 is 0 Å². The molecule has 10 heteroatoms. The Morgan fingerprint density at radius 1 is 1.07 bits per heavy atom. The van der Waals surface area contributed by atoms with Crippen molar-refractivity contribution in [1.29, 1.82) is 0 Å². The van der Waals surface area contributed by atoms with Gasteiger partial charge in [0.15, 0.2) is 5.65 Å². The van der Waals surface area contributed by atoms with E-state index in [2.05, 4.69) is 25.3 Å². The summed E-state index contributed by atoms with van der Waals surface area (Å²) in [6.45, 7) is 0. The molecule has 1 saturated carbocycles. The maximum Gasteiger partial charge on any atom is 0.433 e. The maximum atomic E-state index is 13.5. The molecule has 0 N–H and O–H groups in total. The van der Waals surface area contributed by atoms with E-state index < -0.39 is 11.9 Å². The normalized spacial score (nSPS) is 14.8. The van der Waals surface area contributed by atoms with Crippen LogP contribution in [0.1, 0.15) is 30.1 Å². The molecule has 0 unspecified atom stereocenters. The molecular formula is C17H11F3N6O. The van der Waals surface area contributed by atoms with Gasteiger partial charge in [0, 0.05) is 29.6 Å². The molecule has 0 spiro atoms. The quantitative estimate of drug-likeness (QED) is 0.545. The van der Waals surface area contributed by atoms with Gasteiger partial charge in [-0.25, -0.2) is 9.50 Å². The Bertz CT molecular complexity index is 1130. The summed E-state index contributed by atoms with van der Waals surface area (Å²) >= 11 is 0. The van der Waals surface area contributed by atoms with Gasteiger partial charge in [0.2, 0.25) is 5.89 Å². The summed E-state index contributed by atoms with van der Waals surface area (Å²) in [6.07, 6.45) is 1.53. The molecule has 0 amide bonds. The largest absolute Gasteiger partial charge is 0.433 e. The molecule has 5 rings (SSSR count). The molecule has 0 atom stereocenters. The first-order valence-electron chi connectivity index (χ1n) is 8.21. The van der Waals surface area contributed by atoms with Gasteiger partial charge in [-0.2, -0.15) is 18.3 Å². The fraction of sp³-hybridized carbons (Fsp3) is 0.235. The third-order valence-corrected chi connectivity index (χ3v) is 4.36.